The Kier molecular flexibility index (Phi) is 13.5. The fraction of sp³-hybridized carbons (Fsp3) is 0.316. The number of hydrogen-bond acceptors (Lipinski definition) is 14. The highest BCUT2D eigenvalue weighted by Gasteiger charge is 2.63. The number of alkyl halides is 2. The van der Waals surface area contributed by atoms with Crippen molar-refractivity contribution < 1.29 is 51.6 Å². The third kappa shape index (κ3) is 11.0. The van der Waals surface area contributed by atoms with Crippen molar-refractivity contribution in [1.82, 2.24) is 29.5 Å². The lowest BCUT2D eigenvalue weighted by atomic mass is 10.1. The van der Waals surface area contributed by atoms with Crippen molar-refractivity contribution in [3.63, 3.8) is 0 Å². The lowest BCUT2D eigenvalue weighted by Gasteiger charge is -2.26. The van der Waals surface area contributed by atoms with Crippen LogP contribution in [0.15, 0.2) is 83.9 Å². The lowest BCUT2D eigenvalue weighted by Crippen LogP contribution is -2.45. The molecule has 60 heavy (non-hydrogen) atoms. The first-order valence-electron chi connectivity index (χ1n) is 17.7. The minimum atomic E-state index is -4.22. The predicted octanol–water partition coefficient (Wildman–Crippen LogP) is 7.13. The Morgan fingerprint density at radius 2 is 1.62 bits per heavy atom. The number of hydrogen-bond donors (Lipinski definition) is 1. The summed E-state index contributed by atoms with van der Waals surface area (Å²) in [6, 6.07) is 19.1. The van der Waals surface area contributed by atoms with Crippen molar-refractivity contribution in [1.29, 1.82) is 0 Å². The van der Waals surface area contributed by atoms with E-state index >= 15 is 8.78 Å². The van der Waals surface area contributed by atoms with Crippen LogP contribution in [0.4, 0.5) is 24.2 Å². The van der Waals surface area contributed by atoms with Gasteiger partial charge in [0.1, 0.15) is 35.6 Å². The summed E-state index contributed by atoms with van der Waals surface area (Å²) in [4.78, 5) is 59.8. The highest BCUT2D eigenvalue weighted by Crippen LogP contribution is 2.45. The topological polar surface area (TPSA) is 197 Å². The number of carbonyl (C=O) groups excluding carboxylic acids is 3. The van der Waals surface area contributed by atoms with Crippen LogP contribution < -0.4 is 15.7 Å². The van der Waals surface area contributed by atoms with Crippen LogP contribution in [0, 0.1) is 0 Å². The molecule has 2 unspecified atom stereocenters. The second-order valence-corrected chi connectivity index (χ2v) is 15.1. The van der Waals surface area contributed by atoms with Gasteiger partial charge < -0.3 is 28.4 Å². The van der Waals surface area contributed by atoms with Crippen molar-refractivity contribution in [3.05, 3.63) is 116 Å². The van der Waals surface area contributed by atoms with Gasteiger partial charge in [-0.1, -0.05) is 101 Å². The van der Waals surface area contributed by atoms with Gasteiger partial charge in [0.15, 0.2) is 17.6 Å². The molecule has 0 bridgehead atoms. The third-order valence-corrected chi connectivity index (χ3v) is 9.14. The van der Waals surface area contributed by atoms with Gasteiger partial charge in [-0.3, -0.25) is 9.88 Å². The fourth-order valence-corrected chi connectivity index (χ4v) is 6.09. The summed E-state index contributed by atoms with van der Waals surface area (Å²) in [6.07, 6.45) is -7.12. The number of aromatic nitrogens is 6. The lowest BCUT2D eigenvalue weighted by molar-refractivity contribution is -0.153. The maximum Gasteiger partial charge on any atom is 0.509 e. The van der Waals surface area contributed by atoms with E-state index in [9.17, 15) is 19.2 Å². The zero-order chi connectivity index (χ0) is 43.2. The van der Waals surface area contributed by atoms with E-state index in [1.54, 1.807) is 30.3 Å². The first-order valence-corrected chi connectivity index (χ1v) is 18.9. The van der Waals surface area contributed by atoms with Gasteiger partial charge in [0.05, 0.1) is 23.3 Å². The van der Waals surface area contributed by atoms with E-state index in [1.807, 2.05) is 30.3 Å². The molecule has 3 aromatic heterocycles. The van der Waals surface area contributed by atoms with Gasteiger partial charge in [-0.2, -0.15) is 18.7 Å². The molecule has 6 rings (SSSR count). The monoisotopic (exact) mass is 891 g/mol. The SMILES string of the molecule is CC(C)(C)OC(=O)OC1C(COC(=O)COc2nc(Cl)c(Cl)cc2Cl)O[C@@H](n2cc(-c3cn(Cc4ccccc4)nn3)c(NC(=O)OCc3ccccc3)nc2=O)C1(F)F. The van der Waals surface area contributed by atoms with E-state index in [4.69, 9.17) is 63.2 Å². The van der Waals surface area contributed by atoms with Crippen molar-refractivity contribution in [2.24, 2.45) is 0 Å². The van der Waals surface area contributed by atoms with Crippen LogP contribution in [-0.2, 0) is 41.6 Å². The molecule has 1 amide bonds. The number of esters is 1. The number of nitrogens with zero attached hydrogens (tertiary/aromatic N) is 6. The van der Waals surface area contributed by atoms with Gasteiger partial charge in [0.2, 0.25) is 18.2 Å². The average molecular weight is 893 g/mol. The summed E-state index contributed by atoms with van der Waals surface area (Å²) >= 11 is 17.8. The highest BCUT2D eigenvalue weighted by atomic mass is 35.5. The molecule has 1 aliphatic heterocycles. The van der Waals surface area contributed by atoms with Crippen LogP contribution in [0.2, 0.25) is 15.2 Å². The smallest absolute Gasteiger partial charge is 0.465 e. The number of halogens is 5. The molecule has 2 aromatic carbocycles. The summed E-state index contributed by atoms with van der Waals surface area (Å²) in [5.41, 5.74) is -1.16. The van der Waals surface area contributed by atoms with Gasteiger partial charge in [-0.15, -0.1) is 5.10 Å². The molecule has 1 saturated heterocycles. The maximum atomic E-state index is 16.6. The summed E-state index contributed by atoms with van der Waals surface area (Å²) in [7, 11) is 0. The minimum Gasteiger partial charge on any atom is -0.465 e. The summed E-state index contributed by atoms with van der Waals surface area (Å²) in [5.74, 6) is -6.02. The van der Waals surface area contributed by atoms with Gasteiger partial charge in [0, 0.05) is 6.20 Å². The molecule has 0 aliphatic carbocycles. The number of amides is 1. The molecule has 0 radical (unpaired) electrons. The van der Waals surface area contributed by atoms with Crippen LogP contribution in [-0.4, -0.2) is 84.7 Å². The van der Waals surface area contributed by atoms with E-state index < -0.39 is 72.9 Å². The minimum absolute atomic E-state index is 0.00421. The first kappa shape index (κ1) is 43.7. The molecule has 1 aliphatic rings. The quantitative estimate of drug-likeness (QED) is 0.0712. The van der Waals surface area contributed by atoms with Gasteiger partial charge >= 0.3 is 29.8 Å². The van der Waals surface area contributed by atoms with Crippen molar-refractivity contribution in [3.8, 4) is 17.1 Å². The van der Waals surface area contributed by atoms with Crippen molar-refractivity contribution in [2.45, 2.75) is 63.9 Å². The Morgan fingerprint density at radius 1 is 0.933 bits per heavy atom. The molecular weight excluding hydrogens is 859 g/mol. The van der Waals surface area contributed by atoms with Crippen LogP contribution >= 0.6 is 34.8 Å². The van der Waals surface area contributed by atoms with E-state index in [1.165, 1.54) is 37.7 Å². The first-order chi connectivity index (χ1) is 28.5. The summed E-state index contributed by atoms with van der Waals surface area (Å²) < 4.78 is 66.5. The zero-order valence-corrected chi connectivity index (χ0v) is 34.0. The van der Waals surface area contributed by atoms with E-state index in [2.05, 4.69) is 25.6 Å². The number of pyridine rings is 1. The fourth-order valence-electron chi connectivity index (χ4n) is 5.54. The molecular formula is C38H34Cl3F2N7O10. The molecule has 3 atom stereocenters. The largest absolute Gasteiger partial charge is 0.509 e. The molecule has 5 aromatic rings. The second kappa shape index (κ2) is 18.6. The van der Waals surface area contributed by atoms with E-state index in [0.29, 0.717) is 10.1 Å². The molecule has 4 heterocycles. The molecule has 0 spiro atoms. The van der Waals surface area contributed by atoms with Crippen LogP contribution in [0.1, 0.15) is 38.1 Å². The van der Waals surface area contributed by atoms with Crippen LogP contribution in [0.3, 0.4) is 0 Å². The van der Waals surface area contributed by atoms with Gasteiger partial charge in [0.25, 0.3) is 0 Å². The zero-order valence-electron chi connectivity index (χ0n) is 31.7. The van der Waals surface area contributed by atoms with Crippen molar-refractivity contribution >= 4 is 58.8 Å². The van der Waals surface area contributed by atoms with E-state index in [0.717, 1.165) is 11.8 Å². The number of nitrogens with one attached hydrogen (secondary N) is 1. The molecule has 316 valence electrons. The van der Waals surface area contributed by atoms with Gasteiger partial charge in [-0.25, -0.2) is 23.9 Å². The highest BCUT2D eigenvalue weighted by molar-refractivity contribution is 6.42. The Balaban J connectivity index is 1.29. The molecule has 0 saturated carbocycles. The summed E-state index contributed by atoms with van der Waals surface area (Å²) in [5, 5.41) is 10.4. The molecule has 1 fully saturated rings. The Labute approximate surface area is 354 Å². The Bertz CT molecular complexity index is 2400. The Hall–Kier alpha value is -5.89. The predicted molar refractivity (Wildman–Crippen MR) is 209 cm³/mol. The standard InChI is InChI=1S/C38H34Cl3F2N7O10/c1-37(2,3)60-36(54)59-29-27(19-55-28(51)20-56-32-25(40)14-24(39)30(41)44-32)58-33(38(29,42)43)50-16-23(26-17-49(48-47-26)15-21-10-6-4-7-11-21)31(45-34(50)52)46-35(53)57-18-22-12-8-5-9-13-22/h4-14,16-17,27,29,33H,15,18-20H2,1-3H3,(H,45,46,52,53)/t27?,29?,33-/m1/s1. The average Bonchev–Trinajstić information content (AvgIpc) is 3.75. The maximum absolute atomic E-state index is 16.6. The van der Waals surface area contributed by atoms with Gasteiger partial charge in [-0.05, 0) is 38.0 Å². The van der Waals surface area contributed by atoms with E-state index in [-0.39, 0.29) is 45.5 Å². The molecule has 1 N–H and O–H groups in total. The number of rotatable bonds is 13. The number of ether oxygens (including phenoxy) is 6. The van der Waals surface area contributed by atoms with Crippen LogP contribution in [0.5, 0.6) is 5.88 Å². The normalized spacial score (nSPS) is 17.1. The number of anilines is 1. The molecule has 22 heteroatoms. The third-order valence-electron chi connectivity index (χ3n) is 8.19. The number of carbonyl (C=O) groups is 3. The molecule has 17 nitrogen and oxygen atoms in total. The Morgan fingerprint density at radius 3 is 2.30 bits per heavy atom. The van der Waals surface area contributed by atoms with Crippen LogP contribution in [0.25, 0.3) is 11.3 Å². The van der Waals surface area contributed by atoms with Crippen molar-refractivity contribution in [2.75, 3.05) is 18.5 Å². The summed E-state index contributed by atoms with van der Waals surface area (Å²) in [6.45, 7) is 2.76. The second-order valence-electron chi connectivity index (χ2n) is 13.9. The number of benzene rings is 2.